The number of allylic oxidation sites excluding steroid dienone is 1. The number of nitrogens with zero attached hydrogens (tertiary/aromatic N) is 1. The third kappa shape index (κ3) is 1.67. The molecule has 0 radical (unpaired) electrons. The molecule has 1 atom stereocenters. The molecule has 0 bridgehead atoms. The van der Waals surface area contributed by atoms with Crippen LogP contribution in [0.2, 0.25) is 0 Å². The molecule has 0 saturated carbocycles. The van der Waals surface area contributed by atoms with Crippen molar-refractivity contribution in [1.29, 1.82) is 0 Å². The van der Waals surface area contributed by atoms with Gasteiger partial charge in [0.05, 0.1) is 0 Å². The van der Waals surface area contributed by atoms with Crippen LogP contribution in [0.3, 0.4) is 0 Å². The average molecular weight is 124 g/mol. The largest absolute Gasteiger partial charge is 0.238 e. The second-order valence-electron chi connectivity index (χ2n) is 2.64. The summed E-state index contributed by atoms with van der Waals surface area (Å²) in [6.45, 7) is 3.42. The average Bonchev–Trinajstić information content (AvgIpc) is 1.88. The maximum atomic E-state index is 2.28. The van der Waals surface area contributed by atoms with Crippen molar-refractivity contribution in [2.24, 2.45) is 5.92 Å². The molecule has 9 heavy (non-hydrogen) atoms. The first kappa shape index (κ1) is 6.53. The normalized spacial score (nSPS) is 26.0. The van der Waals surface area contributed by atoms with E-state index in [4.69, 9.17) is 0 Å². The van der Waals surface area contributed by atoms with Crippen molar-refractivity contribution in [1.82, 2.24) is 0 Å². The third-order valence-corrected chi connectivity index (χ3v) is 1.77. The second kappa shape index (κ2) is 2.81. The minimum Gasteiger partial charge on any atom is -0.238 e. The van der Waals surface area contributed by atoms with Gasteiger partial charge in [0.2, 0.25) is 0 Å². The van der Waals surface area contributed by atoms with Gasteiger partial charge in [0, 0.05) is 5.92 Å². The lowest BCUT2D eigenvalue weighted by Gasteiger charge is -2.08. The van der Waals surface area contributed by atoms with E-state index in [1.807, 2.05) is 0 Å². The van der Waals surface area contributed by atoms with Gasteiger partial charge in [-0.05, 0) is 12.5 Å². The van der Waals surface area contributed by atoms with Gasteiger partial charge in [0.25, 0.3) is 0 Å². The lowest BCUT2D eigenvalue weighted by Crippen LogP contribution is -2.19. The van der Waals surface area contributed by atoms with Gasteiger partial charge in [-0.3, -0.25) is 0 Å². The van der Waals surface area contributed by atoms with Gasteiger partial charge in [0.1, 0.15) is 13.6 Å². The molecule has 1 nitrogen and oxygen atoms in total. The summed E-state index contributed by atoms with van der Waals surface area (Å²) in [5.74, 6) is 0.778. The van der Waals surface area contributed by atoms with Crippen molar-refractivity contribution >= 4 is 6.21 Å². The molecule has 0 fully saturated rings. The first-order chi connectivity index (χ1) is 4.33. The van der Waals surface area contributed by atoms with Crippen molar-refractivity contribution in [3.63, 3.8) is 0 Å². The summed E-state index contributed by atoms with van der Waals surface area (Å²) in [5.41, 5.74) is 0. The van der Waals surface area contributed by atoms with Crippen LogP contribution in [-0.2, 0) is 0 Å². The molecule has 1 rings (SSSR count). The predicted molar refractivity (Wildman–Crippen MR) is 40.0 cm³/mol. The first-order valence-corrected chi connectivity index (χ1v) is 3.55. The molecule has 1 heteroatoms. The Balaban J connectivity index is 2.51. The summed E-state index contributed by atoms with van der Waals surface area (Å²) < 4.78 is 2.23. The van der Waals surface area contributed by atoms with E-state index in [0.717, 1.165) is 5.92 Å². The van der Waals surface area contributed by atoms with Gasteiger partial charge in [-0.15, -0.1) is 0 Å². The van der Waals surface area contributed by atoms with E-state index in [1.54, 1.807) is 0 Å². The maximum Gasteiger partial charge on any atom is 0.162 e. The Hall–Kier alpha value is -0.590. The smallest absolute Gasteiger partial charge is 0.162 e. The zero-order valence-electron chi connectivity index (χ0n) is 6.17. The van der Waals surface area contributed by atoms with Gasteiger partial charge in [-0.25, -0.2) is 4.58 Å². The fraction of sp³-hybridized carbons (Fsp3) is 0.625. The van der Waals surface area contributed by atoms with E-state index in [2.05, 4.69) is 36.9 Å². The van der Waals surface area contributed by atoms with Crippen LogP contribution in [0.4, 0.5) is 0 Å². The van der Waals surface area contributed by atoms with Crippen LogP contribution in [0.1, 0.15) is 13.3 Å². The monoisotopic (exact) mass is 124 g/mol. The Morgan fingerprint density at radius 1 is 1.67 bits per heavy atom. The lowest BCUT2D eigenvalue weighted by molar-refractivity contribution is -0.499. The van der Waals surface area contributed by atoms with Crippen LogP contribution in [-0.4, -0.2) is 24.4 Å². The summed E-state index contributed by atoms with van der Waals surface area (Å²) in [4.78, 5) is 0. The highest BCUT2D eigenvalue weighted by Crippen LogP contribution is 2.05. The molecule has 1 aliphatic heterocycles. The molecule has 0 saturated heterocycles. The molecule has 0 spiro atoms. The van der Waals surface area contributed by atoms with Gasteiger partial charge in [-0.1, -0.05) is 13.0 Å². The molecule has 0 aromatic heterocycles. The van der Waals surface area contributed by atoms with Crippen LogP contribution in [0.25, 0.3) is 0 Å². The van der Waals surface area contributed by atoms with Crippen LogP contribution in [0.5, 0.6) is 0 Å². The van der Waals surface area contributed by atoms with Crippen molar-refractivity contribution < 1.29 is 4.58 Å². The van der Waals surface area contributed by atoms with Crippen LogP contribution >= 0.6 is 0 Å². The van der Waals surface area contributed by atoms with E-state index in [0.29, 0.717) is 0 Å². The third-order valence-electron chi connectivity index (χ3n) is 1.77. The zero-order valence-corrected chi connectivity index (χ0v) is 6.17. The number of hydrogen-bond acceptors (Lipinski definition) is 0. The highest BCUT2D eigenvalue weighted by Gasteiger charge is 2.09. The molecule has 1 heterocycles. The standard InChI is InChI=1S/C8H14N/c1-3-8-5-4-6-9(2)7-8/h4-6,8H,3,7H2,1-2H3/q+1. The van der Waals surface area contributed by atoms with Gasteiger partial charge >= 0.3 is 0 Å². The van der Waals surface area contributed by atoms with Gasteiger partial charge < -0.3 is 0 Å². The molecular formula is C8H14N+. The predicted octanol–water partition coefficient (Wildman–Crippen LogP) is 1.30. The van der Waals surface area contributed by atoms with E-state index in [-0.39, 0.29) is 0 Å². The Labute approximate surface area is 56.7 Å². The lowest BCUT2D eigenvalue weighted by atomic mass is 10.0. The Bertz CT molecular complexity index is 145. The fourth-order valence-electron chi connectivity index (χ4n) is 1.11. The Morgan fingerprint density at radius 3 is 2.89 bits per heavy atom. The first-order valence-electron chi connectivity index (χ1n) is 3.55. The zero-order chi connectivity index (χ0) is 6.69. The molecule has 1 unspecified atom stereocenters. The second-order valence-corrected chi connectivity index (χ2v) is 2.64. The summed E-state index contributed by atoms with van der Waals surface area (Å²) in [7, 11) is 2.12. The van der Waals surface area contributed by atoms with Crippen LogP contribution < -0.4 is 0 Å². The summed E-state index contributed by atoms with van der Waals surface area (Å²) in [5, 5.41) is 0. The molecule has 0 aliphatic carbocycles. The fourth-order valence-corrected chi connectivity index (χ4v) is 1.11. The maximum absolute atomic E-state index is 2.28. The molecule has 0 amide bonds. The molecule has 50 valence electrons. The number of rotatable bonds is 1. The minimum atomic E-state index is 0.778. The SMILES string of the molecule is CCC1C=CC=[N+](C)C1. The molecule has 0 aromatic rings. The number of hydrogen-bond donors (Lipinski definition) is 0. The van der Waals surface area contributed by atoms with Crippen LogP contribution in [0, 0.1) is 5.92 Å². The Morgan fingerprint density at radius 2 is 2.44 bits per heavy atom. The molecule has 0 N–H and O–H groups in total. The van der Waals surface area contributed by atoms with E-state index in [9.17, 15) is 0 Å². The van der Waals surface area contributed by atoms with Crippen LogP contribution in [0.15, 0.2) is 12.2 Å². The Kier molecular flexibility index (Phi) is 2.04. The van der Waals surface area contributed by atoms with Crippen molar-refractivity contribution in [2.75, 3.05) is 13.6 Å². The van der Waals surface area contributed by atoms with E-state index >= 15 is 0 Å². The summed E-state index contributed by atoms with van der Waals surface area (Å²) in [6, 6.07) is 0. The van der Waals surface area contributed by atoms with E-state index in [1.165, 1.54) is 13.0 Å². The summed E-state index contributed by atoms with van der Waals surface area (Å²) >= 11 is 0. The highest BCUT2D eigenvalue weighted by atomic mass is 15.0. The van der Waals surface area contributed by atoms with Crippen molar-refractivity contribution in [3.05, 3.63) is 12.2 Å². The molecular weight excluding hydrogens is 110 g/mol. The molecule has 1 aliphatic rings. The van der Waals surface area contributed by atoms with E-state index < -0.39 is 0 Å². The topological polar surface area (TPSA) is 3.01 Å². The van der Waals surface area contributed by atoms with Crippen molar-refractivity contribution in [3.8, 4) is 0 Å². The highest BCUT2D eigenvalue weighted by molar-refractivity contribution is 5.66. The van der Waals surface area contributed by atoms with Crippen molar-refractivity contribution in [2.45, 2.75) is 13.3 Å². The summed E-state index contributed by atoms with van der Waals surface area (Å²) in [6.07, 6.45) is 7.79. The van der Waals surface area contributed by atoms with Gasteiger partial charge in [0.15, 0.2) is 6.21 Å². The van der Waals surface area contributed by atoms with Gasteiger partial charge in [-0.2, -0.15) is 0 Å². The minimum absolute atomic E-state index is 0.778. The molecule has 0 aromatic carbocycles. The quantitative estimate of drug-likeness (QED) is 0.463.